The number of hydrogen-bond donors (Lipinski definition) is 1. The molecule has 0 spiro atoms. The summed E-state index contributed by atoms with van der Waals surface area (Å²) in [5.41, 5.74) is 1.62. The van der Waals surface area contributed by atoms with E-state index >= 15 is 0 Å². The summed E-state index contributed by atoms with van der Waals surface area (Å²) in [5.74, 6) is 1.07. The van der Waals surface area contributed by atoms with Crippen LogP contribution in [-0.4, -0.2) is 22.9 Å². The van der Waals surface area contributed by atoms with E-state index < -0.39 is 0 Å². The maximum atomic E-state index is 9.38. The molecule has 0 aromatic carbocycles. The summed E-state index contributed by atoms with van der Waals surface area (Å²) in [6.07, 6.45) is 0. The van der Waals surface area contributed by atoms with Crippen molar-refractivity contribution in [1.82, 2.24) is 9.97 Å². The lowest BCUT2D eigenvalue weighted by molar-refractivity contribution is 0.443. The summed E-state index contributed by atoms with van der Waals surface area (Å²) in [6.45, 7) is 5.82. The lowest BCUT2D eigenvalue weighted by Gasteiger charge is -2.07. The Kier molecular flexibility index (Phi) is 2.36. The third-order valence-corrected chi connectivity index (χ3v) is 1.90. The molecule has 0 bridgehead atoms. The first-order valence-electron chi connectivity index (χ1n) is 4.06. The minimum absolute atomic E-state index is 0.103. The number of rotatable bonds is 1. The summed E-state index contributed by atoms with van der Waals surface area (Å²) < 4.78 is 0. The van der Waals surface area contributed by atoms with E-state index in [2.05, 4.69) is 9.97 Å². The first kappa shape index (κ1) is 9.04. The minimum atomic E-state index is 0.103. The summed E-state index contributed by atoms with van der Waals surface area (Å²) in [4.78, 5) is 8.24. The van der Waals surface area contributed by atoms with Gasteiger partial charge in [0.2, 0.25) is 5.88 Å². The van der Waals surface area contributed by atoms with Crippen LogP contribution in [0, 0.1) is 6.92 Å². The highest BCUT2D eigenvalue weighted by Crippen LogP contribution is 2.13. The predicted molar refractivity (Wildman–Crippen MR) is 50.7 cm³/mol. The van der Waals surface area contributed by atoms with Crippen molar-refractivity contribution in [3.05, 3.63) is 11.4 Å². The van der Waals surface area contributed by atoms with Crippen LogP contribution in [0.1, 0.15) is 31.2 Å². The van der Waals surface area contributed by atoms with Gasteiger partial charge in [-0.2, -0.15) is 4.98 Å². The molecule has 0 saturated carbocycles. The van der Waals surface area contributed by atoms with Gasteiger partial charge in [-0.3, -0.25) is 0 Å². The Hall–Kier alpha value is -1.06. The van der Waals surface area contributed by atoms with Gasteiger partial charge in [0.05, 0.1) is 0 Å². The van der Waals surface area contributed by atoms with E-state index in [1.165, 1.54) is 0 Å². The van der Waals surface area contributed by atoms with Crippen LogP contribution in [0.15, 0.2) is 0 Å². The molecule has 1 N–H and O–H groups in total. The SMILES string of the molecule is Bc1nc(C(C)C)nc(O)c1C. The fourth-order valence-corrected chi connectivity index (χ4v) is 0.893. The molecule has 0 radical (unpaired) electrons. The Morgan fingerprint density at radius 2 is 1.92 bits per heavy atom. The number of aromatic hydroxyl groups is 1. The zero-order valence-corrected chi connectivity index (χ0v) is 7.92. The van der Waals surface area contributed by atoms with Gasteiger partial charge in [0.25, 0.3) is 0 Å². The number of hydrogen-bond acceptors (Lipinski definition) is 3. The fourth-order valence-electron chi connectivity index (χ4n) is 0.893. The third-order valence-electron chi connectivity index (χ3n) is 1.90. The molecule has 0 amide bonds. The predicted octanol–water partition coefficient (Wildman–Crippen LogP) is -0.128. The molecule has 0 atom stereocenters. The second-order valence-corrected chi connectivity index (χ2v) is 3.27. The van der Waals surface area contributed by atoms with Crippen molar-refractivity contribution in [2.45, 2.75) is 26.7 Å². The largest absolute Gasteiger partial charge is 0.493 e. The Labute approximate surface area is 73.3 Å². The van der Waals surface area contributed by atoms with Gasteiger partial charge >= 0.3 is 0 Å². The minimum Gasteiger partial charge on any atom is -0.493 e. The fraction of sp³-hybridized carbons (Fsp3) is 0.500. The molecule has 0 unspecified atom stereocenters. The van der Waals surface area contributed by atoms with Crippen LogP contribution in [0.25, 0.3) is 0 Å². The van der Waals surface area contributed by atoms with Crippen LogP contribution >= 0.6 is 0 Å². The van der Waals surface area contributed by atoms with Crippen molar-refractivity contribution >= 4 is 13.4 Å². The number of nitrogens with zero attached hydrogens (tertiary/aromatic N) is 2. The van der Waals surface area contributed by atoms with Crippen LogP contribution in [-0.2, 0) is 0 Å². The van der Waals surface area contributed by atoms with E-state index in [-0.39, 0.29) is 11.8 Å². The molecule has 4 heteroatoms. The number of aromatic nitrogens is 2. The molecule has 0 aliphatic heterocycles. The van der Waals surface area contributed by atoms with Gasteiger partial charge in [-0.1, -0.05) is 13.8 Å². The highest BCUT2D eigenvalue weighted by atomic mass is 16.3. The van der Waals surface area contributed by atoms with Crippen molar-refractivity contribution < 1.29 is 5.11 Å². The molecular weight excluding hydrogens is 151 g/mol. The third kappa shape index (κ3) is 1.57. The summed E-state index contributed by atoms with van der Waals surface area (Å²) in [7, 11) is 1.88. The van der Waals surface area contributed by atoms with Gasteiger partial charge in [-0.25, -0.2) is 4.98 Å². The molecule has 3 nitrogen and oxygen atoms in total. The van der Waals surface area contributed by atoms with Crippen LogP contribution < -0.4 is 5.59 Å². The van der Waals surface area contributed by atoms with Gasteiger partial charge in [-0.15, -0.1) is 0 Å². The second kappa shape index (κ2) is 3.13. The molecule has 1 heterocycles. The first-order chi connectivity index (χ1) is 5.52. The first-order valence-corrected chi connectivity index (χ1v) is 4.06. The molecule has 0 saturated heterocycles. The molecule has 0 aliphatic rings. The molecule has 12 heavy (non-hydrogen) atoms. The Balaban J connectivity index is 3.21. The summed E-state index contributed by atoms with van der Waals surface area (Å²) in [6, 6.07) is 0. The Morgan fingerprint density at radius 3 is 2.33 bits per heavy atom. The van der Waals surface area contributed by atoms with E-state index in [9.17, 15) is 5.11 Å². The van der Waals surface area contributed by atoms with Gasteiger partial charge in [0.1, 0.15) is 5.82 Å². The molecular formula is C8H13BN2O. The maximum absolute atomic E-state index is 9.38. The molecule has 1 rings (SSSR count). The van der Waals surface area contributed by atoms with Crippen molar-refractivity contribution in [2.24, 2.45) is 0 Å². The quantitative estimate of drug-likeness (QED) is 0.588. The summed E-state index contributed by atoms with van der Waals surface area (Å²) in [5, 5.41) is 9.38. The average Bonchev–Trinajstić information content (AvgIpc) is 1.99. The highest BCUT2D eigenvalue weighted by Gasteiger charge is 2.08. The van der Waals surface area contributed by atoms with Crippen molar-refractivity contribution in [3.8, 4) is 5.88 Å². The van der Waals surface area contributed by atoms with E-state index in [0.717, 1.165) is 11.2 Å². The van der Waals surface area contributed by atoms with E-state index in [1.807, 2.05) is 28.6 Å². The van der Waals surface area contributed by atoms with Crippen LogP contribution in [0.5, 0.6) is 5.88 Å². The van der Waals surface area contributed by atoms with E-state index in [1.54, 1.807) is 0 Å². The van der Waals surface area contributed by atoms with E-state index in [0.29, 0.717) is 5.82 Å². The Morgan fingerprint density at radius 1 is 1.33 bits per heavy atom. The van der Waals surface area contributed by atoms with Gasteiger partial charge in [-0.05, 0) is 6.92 Å². The van der Waals surface area contributed by atoms with Crippen molar-refractivity contribution in [1.29, 1.82) is 0 Å². The van der Waals surface area contributed by atoms with Gasteiger partial charge in [0, 0.05) is 17.1 Å². The standard InChI is InChI=1S/C8H13BN2O/c1-4(2)7-10-6(9)5(3)8(12)11-7/h4H,9H2,1-3H3,(H,10,11,12). The second-order valence-electron chi connectivity index (χ2n) is 3.27. The summed E-state index contributed by atoms with van der Waals surface area (Å²) >= 11 is 0. The molecule has 1 aromatic rings. The zero-order valence-electron chi connectivity index (χ0n) is 7.92. The normalized spacial score (nSPS) is 10.7. The van der Waals surface area contributed by atoms with Crippen molar-refractivity contribution in [3.63, 3.8) is 0 Å². The lowest BCUT2D eigenvalue weighted by atomic mass is 9.98. The molecule has 1 aromatic heterocycles. The van der Waals surface area contributed by atoms with Gasteiger partial charge in [0.15, 0.2) is 7.85 Å². The van der Waals surface area contributed by atoms with Gasteiger partial charge < -0.3 is 5.11 Å². The van der Waals surface area contributed by atoms with Crippen molar-refractivity contribution in [2.75, 3.05) is 0 Å². The van der Waals surface area contributed by atoms with Crippen LogP contribution in [0.4, 0.5) is 0 Å². The maximum Gasteiger partial charge on any atom is 0.216 e. The molecule has 64 valence electrons. The zero-order chi connectivity index (χ0) is 9.30. The monoisotopic (exact) mass is 164 g/mol. The average molecular weight is 164 g/mol. The highest BCUT2D eigenvalue weighted by molar-refractivity contribution is 6.31. The van der Waals surface area contributed by atoms with E-state index in [4.69, 9.17) is 0 Å². The topological polar surface area (TPSA) is 46.0 Å². The van der Waals surface area contributed by atoms with Crippen LogP contribution in [0.3, 0.4) is 0 Å². The lowest BCUT2D eigenvalue weighted by Crippen LogP contribution is -2.17. The molecule has 0 aliphatic carbocycles. The van der Waals surface area contributed by atoms with Crippen LogP contribution in [0.2, 0.25) is 0 Å². The molecule has 0 fully saturated rings. The Bertz CT molecular complexity index is 276. The smallest absolute Gasteiger partial charge is 0.216 e.